The second-order valence-corrected chi connectivity index (χ2v) is 3.66. The van der Waals surface area contributed by atoms with Gasteiger partial charge in [0.2, 0.25) is 0 Å². The number of hydrogen-bond acceptors (Lipinski definition) is 4. The molecule has 7 heteroatoms. The van der Waals surface area contributed by atoms with Crippen LogP contribution in [0.3, 0.4) is 0 Å². The molecule has 0 aromatic carbocycles. The molecule has 7 nitrogen and oxygen atoms in total. The molecule has 0 aromatic heterocycles. The molecule has 3 N–H and O–H groups in total. The molecule has 0 aromatic rings. The van der Waals surface area contributed by atoms with E-state index in [2.05, 4.69) is 10.2 Å². The highest BCUT2D eigenvalue weighted by Gasteiger charge is 2.28. The van der Waals surface area contributed by atoms with Gasteiger partial charge in [0, 0.05) is 12.5 Å². The molecule has 0 heterocycles. The number of rotatable bonds is 4. The molecule has 15 heavy (non-hydrogen) atoms. The maximum Gasteiger partial charge on any atom is 0.312 e. The zero-order chi connectivity index (χ0) is 11.3. The largest absolute Gasteiger partial charge is 0.352 e. The summed E-state index contributed by atoms with van der Waals surface area (Å²) < 4.78 is 0. The Morgan fingerprint density at radius 3 is 2.80 bits per heavy atom. The summed E-state index contributed by atoms with van der Waals surface area (Å²) in [6.45, 7) is 0.341. The van der Waals surface area contributed by atoms with Gasteiger partial charge < -0.3 is 15.9 Å². The number of nitrogens with zero attached hydrogens (tertiary/aromatic N) is 1. The van der Waals surface area contributed by atoms with Crippen molar-refractivity contribution >= 4 is 6.03 Å². The smallest absolute Gasteiger partial charge is 0.312 e. The minimum atomic E-state index is -0.771. The lowest BCUT2D eigenvalue weighted by Gasteiger charge is -2.29. The average molecular weight is 217 g/mol. The topological polar surface area (TPSA) is 107 Å². The van der Waals surface area contributed by atoms with E-state index in [-0.39, 0.29) is 5.92 Å². The van der Waals surface area contributed by atoms with E-state index in [1.807, 2.05) is 0 Å². The molecule has 1 rings (SSSR count). The molecule has 2 atom stereocenters. The van der Waals surface area contributed by atoms with E-state index < -0.39 is 17.2 Å². The fourth-order valence-electron chi connectivity index (χ4n) is 1.89. The highest BCUT2D eigenvalue weighted by Crippen LogP contribution is 2.26. The summed E-state index contributed by atoms with van der Waals surface area (Å²) in [6.07, 6.45) is 2.99. The fourth-order valence-corrected chi connectivity index (χ4v) is 1.89. The Morgan fingerprint density at radius 2 is 2.20 bits per heavy atom. The van der Waals surface area contributed by atoms with Crippen LogP contribution in [-0.4, -0.2) is 23.8 Å². The molecule has 1 aliphatic carbocycles. The number of hydrogen-bond donors (Lipinski definition) is 2. The van der Waals surface area contributed by atoms with Crippen LogP contribution in [0.25, 0.3) is 0 Å². The van der Waals surface area contributed by atoms with Gasteiger partial charge in [0.1, 0.15) is 6.10 Å². The van der Waals surface area contributed by atoms with Crippen molar-refractivity contribution in [2.75, 3.05) is 6.54 Å². The van der Waals surface area contributed by atoms with Crippen LogP contribution in [0.1, 0.15) is 25.7 Å². The first-order chi connectivity index (χ1) is 7.09. The minimum absolute atomic E-state index is 0.0170. The molecule has 86 valence electrons. The second-order valence-electron chi connectivity index (χ2n) is 3.66. The molecule has 1 fully saturated rings. The average Bonchev–Trinajstić information content (AvgIpc) is 2.15. The van der Waals surface area contributed by atoms with Crippen LogP contribution in [0.2, 0.25) is 0 Å². The predicted molar refractivity (Wildman–Crippen MR) is 51.4 cm³/mol. The zero-order valence-corrected chi connectivity index (χ0v) is 8.35. The van der Waals surface area contributed by atoms with Gasteiger partial charge in [-0.15, -0.1) is 10.1 Å². The molecule has 0 saturated heterocycles. The second kappa shape index (κ2) is 5.38. The predicted octanol–water partition coefficient (Wildman–Crippen LogP) is 0.422. The lowest BCUT2D eigenvalue weighted by Crippen LogP contribution is -2.40. The number of amides is 2. The van der Waals surface area contributed by atoms with Crippen LogP contribution in [0, 0.1) is 16.0 Å². The zero-order valence-electron chi connectivity index (χ0n) is 8.35. The van der Waals surface area contributed by atoms with Gasteiger partial charge in [-0.05, 0) is 12.8 Å². The summed E-state index contributed by atoms with van der Waals surface area (Å²) in [4.78, 5) is 25.3. The van der Waals surface area contributed by atoms with Crippen LogP contribution in [-0.2, 0) is 4.84 Å². The van der Waals surface area contributed by atoms with E-state index in [0.29, 0.717) is 13.0 Å². The van der Waals surface area contributed by atoms with Crippen LogP contribution >= 0.6 is 0 Å². The molecule has 0 spiro atoms. The molecule has 0 aliphatic heterocycles. The monoisotopic (exact) mass is 217 g/mol. The van der Waals surface area contributed by atoms with Crippen molar-refractivity contribution in [2.24, 2.45) is 11.7 Å². The van der Waals surface area contributed by atoms with E-state index in [1.54, 1.807) is 0 Å². The molecule has 2 unspecified atom stereocenters. The Kier molecular flexibility index (Phi) is 4.14. The van der Waals surface area contributed by atoms with Crippen molar-refractivity contribution in [2.45, 2.75) is 31.8 Å². The maximum atomic E-state index is 10.5. The molecular formula is C8H15N3O4. The number of primary amides is 1. The van der Waals surface area contributed by atoms with E-state index in [9.17, 15) is 14.9 Å². The number of carbonyl (C=O) groups excluding carboxylic acids is 1. The normalized spacial score (nSPS) is 25.6. The highest BCUT2D eigenvalue weighted by molar-refractivity contribution is 5.71. The van der Waals surface area contributed by atoms with E-state index >= 15 is 0 Å². The molecule has 2 amide bonds. The van der Waals surface area contributed by atoms with Gasteiger partial charge in [0.25, 0.3) is 5.09 Å². The van der Waals surface area contributed by atoms with Gasteiger partial charge in [-0.1, -0.05) is 12.8 Å². The Hall–Kier alpha value is -1.53. The van der Waals surface area contributed by atoms with E-state index in [1.165, 1.54) is 0 Å². The van der Waals surface area contributed by atoms with Crippen molar-refractivity contribution < 1.29 is 14.7 Å². The SMILES string of the molecule is NC(=O)NCC1CCCCC1O[N+](=O)[O-]. The van der Waals surface area contributed by atoms with Crippen molar-refractivity contribution in [3.63, 3.8) is 0 Å². The molecule has 1 aliphatic rings. The quantitative estimate of drug-likeness (QED) is 0.525. The van der Waals surface area contributed by atoms with Gasteiger partial charge in [-0.2, -0.15) is 0 Å². The Bertz CT molecular complexity index is 246. The first kappa shape index (κ1) is 11.5. The van der Waals surface area contributed by atoms with Gasteiger partial charge in [0.15, 0.2) is 0 Å². The summed E-state index contributed by atoms with van der Waals surface area (Å²) in [7, 11) is 0. The lowest BCUT2D eigenvalue weighted by atomic mass is 9.86. The molecule has 0 radical (unpaired) electrons. The number of nitrogens with two attached hydrogens (primary N) is 1. The number of urea groups is 1. The van der Waals surface area contributed by atoms with E-state index in [4.69, 9.17) is 5.73 Å². The molecule has 1 saturated carbocycles. The van der Waals surface area contributed by atoms with Crippen molar-refractivity contribution in [1.29, 1.82) is 0 Å². The van der Waals surface area contributed by atoms with Gasteiger partial charge in [0.05, 0.1) is 0 Å². The summed E-state index contributed by atoms with van der Waals surface area (Å²) >= 11 is 0. The fraction of sp³-hybridized carbons (Fsp3) is 0.875. The van der Waals surface area contributed by atoms with Crippen LogP contribution in [0.4, 0.5) is 4.79 Å². The van der Waals surface area contributed by atoms with Crippen LogP contribution < -0.4 is 11.1 Å². The summed E-state index contributed by atoms with van der Waals surface area (Å²) in [6, 6.07) is -0.611. The van der Waals surface area contributed by atoms with Crippen molar-refractivity contribution in [3.05, 3.63) is 10.1 Å². The maximum absolute atomic E-state index is 10.5. The van der Waals surface area contributed by atoms with Crippen molar-refractivity contribution in [3.8, 4) is 0 Å². The first-order valence-electron chi connectivity index (χ1n) is 4.94. The first-order valence-corrected chi connectivity index (χ1v) is 4.94. The standard InChI is InChI=1S/C8H15N3O4/c9-8(12)10-5-6-3-1-2-4-7(6)15-11(13)14/h6-7H,1-5H2,(H3,9,10,12). The Balaban J connectivity index is 2.42. The summed E-state index contributed by atoms with van der Waals surface area (Å²) in [5.41, 5.74) is 4.93. The van der Waals surface area contributed by atoms with Crippen molar-refractivity contribution in [1.82, 2.24) is 5.32 Å². The third-order valence-corrected chi connectivity index (χ3v) is 2.60. The van der Waals surface area contributed by atoms with Gasteiger partial charge >= 0.3 is 6.03 Å². The van der Waals surface area contributed by atoms with Crippen LogP contribution in [0.15, 0.2) is 0 Å². The number of carbonyl (C=O) groups is 1. The number of nitrogens with one attached hydrogen (secondary N) is 1. The summed E-state index contributed by atoms with van der Waals surface area (Å²) in [5.74, 6) is -0.0170. The Labute approximate surface area is 87.1 Å². The third kappa shape index (κ3) is 4.01. The molecular weight excluding hydrogens is 202 g/mol. The summed E-state index contributed by atoms with van der Waals surface area (Å²) in [5, 5.41) is 11.9. The third-order valence-electron chi connectivity index (χ3n) is 2.60. The lowest BCUT2D eigenvalue weighted by molar-refractivity contribution is -0.771. The van der Waals surface area contributed by atoms with Gasteiger partial charge in [-0.25, -0.2) is 4.79 Å². The minimum Gasteiger partial charge on any atom is -0.352 e. The molecule has 0 bridgehead atoms. The van der Waals surface area contributed by atoms with Gasteiger partial charge in [-0.3, -0.25) is 0 Å². The van der Waals surface area contributed by atoms with E-state index in [0.717, 1.165) is 19.3 Å². The Morgan fingerprint density at radius 1 is 1.53 bits per heavy atom. The highest BCUT2D eigenvalue weighted by atomic mass is 17.0. The van der Waals surface area contributed by atoms with Crippen LogP contribution in [0.5, 0.6) is 0 Å².